The number of aryl methyl sites for hydroxylation is 1. The van der Waals surface area contributed by atoms with Crippen LogP contribution in [0.1, 0.15) is 32.2 Å². The Morgan fingerprint density at radius 3 is 2.72 bits per heavy atom. The van der Waals surface area contributed by atoms with E-state index in [0.29, 0.717) is 23.9 Å². The Balaban J connectivity index is 1.97. The van der Waals surface area contributed by atoms with Gasteiger partial charge in [-0.05, 0) is 39.3 Å². The van der Waals surface area contributed by atoms with Gasteiger partial charge in [0.2, 0.25) is 11.7 Å². The molecule has 5 nitrogen and oxygen atoms in total. The van der Waals surface area contributed by atoms with E-state index in [1.54, 1.807) is 6.26 Å². The lowest BCUT2D eigenvalue weighted by Crippen LogP contribution is -2.37. The molecule has 0 amide bonds. The first-order valence-corrected chi connectivity index (χ1v) is 6.08. The third-order valence-corrected chi connectivity index (χ3v) is 2.53. The highest BCUT2D eigenvalue weighted by Crippen LogP contribution is 2.21. The van der Waals surface area contributed by atoms with Crippen LogP contribution in [0.2, 0.25) is 0 Å². The topological polar surface area (TPSA) is 64.1 Å². The zero-order valence-electron chi connectivity index (χ0n) is 11.3. The molecule has 0 atom stereocenters. The van der Waals surface area contributed by atoms with Crippen LogP contribution in [0.4, 0.5) is 0 Å². The van der Waals surface area contributed by atoms with Crippen molar-refractivity contribution >= 4 is 0 Å². The lowest BCUT2D eigenvalue weighted by atomic mass is 10.1. The summed E-state index contributed by atoms with van der Waals surface area (Å²) in [7, 11) is 0. The molecule has 0 saturated carbocycles. The van der Waals surface area contributed by atoms with Crippen molar-refractivity contribution in [2.24, 2.45) is 0 Å². The molecular weight excluding hydrogens is 230 g/mol. The fourth-order valence-corrected chi connectivity index (χ4v) is 1.59. The summed E-state index contributed by atoms with van der Waals surface area (Å²) < 4.78 is 10.5. The predicted molar refractivity (Wildman–Crippen MR) is 68.2 cm³/mol. The second kappa shape index (κ2) is 4.94. The third-order valence-electron chi connectivity index (χ3n) is 2.53. The summed E-state index contributed by atoms with van der Waals surface area (Å²) in [5, 5.41) is 7.30. The third kappa shape index (κ3) is 3.20. The zero-order chi connectivity index (χ0) is 13.2. The van der Waals surface area contributed by atoms with Crippen LogP contribution in [-0.2, 0) is 6.42 Å². The quantitative estimate of drug-likeness (QED) is 0.902. The van der Waals surface area contributed by atoms with Gasteiger partial charge in [-0.2, -0.15) is 4.98 Å². The summed E-state index contributed by atoms with van der Waals surface area (Å²) in [6, 6.07) is 1.88. The van der Waals surface area contributed by atoms with Gasteiger partial charge < -0.3 is 14.3 Å². The first-order chi connectivity index (χ1) is 8.46. The summed E-state index contributed by atoms with van der Waals surface area (Å²) in [4.78, 5) is 4.32. The van der Waals surface area contributed by atoms with Gasteiger partial charge in [0, 0.05) is 18.5 Å². The molecule has 0 aromatic carbocycles. The Hall–Kier alpha value is -1.62. The molecule has 2 rings (SSSR count). The Labute approximate surface area is 107 Å². The minimum absolute atomic E-state index is 0.0977. The van der Waals surface area contributed by atoms with Crippen molar-refractivity contribution in [1.29, 1.82) is 0 Å². The van der Waals surface area contributed by atoms with E-state index in [1.807, 2.05) is 13.0 Å². The Morgan fingerprint density at radius 2 is 2.11 bits per heavy atom. The van der Waals surface area contributed by atoms with Gasteiger partial charge in [-0.15, -0.1) is 0 Å². The lowest BCUT2D eigenvalue weighted by Gasteiger charge is -2.19. The SMILES string of the molecule is Cc1ccoc1-c1noc(CCNC(C)(C)C)n1. The molecule has 18 heavy (non-hydrogen) atoms. The minimum atomic E-state index is 0.0977. The van der Waals surface area contributed by atoms with Crippen LogP contribution in [0.15, 0.2) is 21.3 Å². The monoisotopic (exact) mass is 249 g/mol. The molecule has 2 aromatic heterocycles. The molecule has 0 bridgehead atoms. The van der Waals surface area contributed by atoms with Crippen molar-refractivity contribution in [1.82, 2.24) is 15.5 Å². The van der Waals surface area contributed by atoms with Gasteiger partial charge in [0.25, 0.3) is 0 Å². The van der Waals surface area contributed by atoms with E-state index in [2.05, 4.69) is 36.2 Å². The van der Waals surface area contributed by atoms with Gasteiger partial charge in [-0.3, -0.25) is 0 Å². The lowest BCUT2D eigenvalue weighted by molar-refractivity contribution is 0.361. The van der Waals surface area contributed by atoms with E-state index in [0.717, 1.165) is 12.1 Å². The van der Waals surface area contributed by atoms with E-state index in [1.165, 1.54) is 0 Å². The van der Waals surface area contributed by atoms with Crippen molar-refractivity contribution in [2.75, 3.05) is 6.54 Å². The maximum Gasteiger partial charge on any atom is 0.238 e. The van der Waals surface area contributed by atoms with E-state index in [9.17, 15) is 0 Å². The number of nitrogens with one attached hydrogen (secondary N) is 1. The molecule has 0 fully saturated rings. The molecule has 98 valence electrons. The molecule has 1 N–H and O–H groups in total. The van der Waals surface area contributed by atoms with Gasteiger partial charge >= 0.3 is 0 Å². The molecule has 0 aliphatic heterocycles. The molecule has 2 heterocycles. The van der Waals surface area contributed by atoms with Crippen LogP contribution in [0.3, 0.4) is 0 Å². The molecule has 0 radical (unpaired) electrons. The van der Waals surface area contributed by atoms with Crippen LogP contribution < -0.4 is 5.32 Å². The largest absolute Gasteiger partial charge is 0.461 e. The molecule has 2 aromatic rings. The van der Waals surface area contributed by atoms with E-state index < -0.39 is 0 Å². The van der Waals surface area contributed by atoms with Gasteiger partial charge in [0.15, 0.2) is 5.76 Å². The second-order valence-electron chi connectivity index (χ2n) is 5.37. The van der Waals surface area contributed by atoms with Crippen molar-refractivity contribution in [3.05, 3.63) is 23.8 Å². The Morgan fingerprint density at radius 1 is 1.33 bits per heavy atom. The van der Waals surface area contributed by atoms with Crippen molar-refractivity contribution in [3.63, 3.8) is 0 Å². The number of nitrogens with zero attached hydrogens (tertiary/aromatic N) is 2. The van der Waals surface area contributed by atoms with E-state index >= 15 is 0 Å². The first-order valence-electron chi connectivity index (χ1n) is 6.08. The minimum Gasteiger partial charge on any atom is -0.461 e. The highest BCUT2D eigenvalue weighted by Gasteiger charge is 2.14. The number of aromatic nitrogens is 2. The van der Waals surface area contributed by atoms with Crippen molar-refractivity contribution < 1.29 is 8.94 Å². The van der Waals surface area contributed by atoms with Gasteiger partial charge in [-0.25, -0.2) is 0 Å². The van der Waals surface area contributed by atoms with Crippen molar-refractivity contribution in [2.45, 2.75) is 39.7 Å². The van der Waals surface area contributed by atoms with Gasteiger partial charge in [-0.1, -0.05) is 5.16 Å². The summed E-state index contributed by atoms with van der Waals surface area (Å²) in [5.41, 5.74) is 1.11. The maximum absolute atomic E-state index is 5.32. The fraction of sp³-hybridized carbons (Fsp3) is 0.538. The molecule has 0 aliphatic carbocycles. The summed E-state index contributed by atoms with van der Waals surface area (Å²) in [5.74, 6) is 1.81. The molecule has 0 spiro atoms. The first kappa shape index (κ1) is 12.8. The number of hydrogen-bond donors (Lipinski definition) is 1. The normalized spacial score (nSPS) is 12.0. The zero-order valence-corrected chi connectivity index (χ0v) is 11.3. The average Bonchev–Trinajstić information content (AvgIpc) is 2.84. The standard InChI is InChI=1S/C13H19N3O2/c1-9-6-8-17-11(9)12-15-10(18-16-12)5-7-14-13(2,3)4/h6,8,14H,5,7H2,1-4H3. The number of hydrogen-bond acceptors (Lipinski definition) is 5. The fourth-order valence-electron chi connectivity index (χ4n) is 1.59. The van der Waals surface area contributed by atoms with Crippen LogP contribution in [0.5, 0.6) is 0 Å². The van der Waals surface area contributed by atoms with E-state index in [4.69, 9.17) is 8.94 Å². The highest BCUT2D eigenvalue weighted by molar-refractivity contribution is 5.50. The van der Waals surface area contributed by atoms with E-state index in [-0.39, 0.29) is 5.54 Å². The van der Waals surface area contributed by atoms with Gasteiger partial charge in [0.05, 0.1) is 6.26 Å². The van der Waals surface area contributed by atoms with Gasteiger partial charge in [0.1, 0.15) is 0 Å². The Kier molecular flexibility index (Phi) is 3.52. The average molecular weight is 249 g/mol. The second-order valence-corrected chi connectivity index (χ2v) is 5.37. The summed E-state index contributed by atoms with van der Waals surface area (Å²) in [6.45, 7) is 9.13. The maximum atomic E-state index is 5.32. The van der Waals surface area contributed by atoms with Crippen LogP contribution in [0.25, 0.3) is 11.6 Å². The van der Waals surface area contributed by atoms with Crippen LogP contribution in [0, 0.1) is 6.92 Å². The molecule has 0 unspecified atom stereocenters. The number of rotatable bonds is 4. The molecule has 5 heteroatoms. The highest BCUT2D eigenvalue weighted by atomic mass is 16.5. The van der Waals surface area contributed by atoms with Crippen LogP contribution in [-0.4, -0.2) is 22.2 Å². The summed E-state index contributed by atoms with van der Waals surface area (Å²) >= 11 is 0. The molecular formula is C13H19N3O2. The summed E-state index contributed by atoms with van der Waals surface area (Å²) in [6.07, 6.45) is 2.34. The smallest absolute Gasteiger partial charge is 0.238 e. The molecule has 0 saturated heterocycles. The molecule has 0 aliphatic rings. The van der Waals surface area contributed by atoms with Crippen molar-refractivity contribution in [3.8, 4) is 11.6 Å². The number of furan rings is 1. The van der Waals surface area contributed by atoms with Crippen LogP contribution >= 0.6 is 0 Å². The Bertz CT molecular complexity index is 508. The predicted octanol–water partition coefficient (Wildman–Crippen LogP) is 2.57.